The van der Waals surface area contributed by atoms with Gasteiger partial charge >= 0.3 is 0 Å². The van der Waals surface area contributed by atoms with Crippen LogP contribution in [0.15, 0.2) is 36.4 Å². The van der Waals surface area contributed by atoms with E-state index in [2.05, 4.69) is 10.3 Å². The molecule has 0 saturated heterocycles. The minimum Gasteiger partial charge on any atom is -0.350 e. The van der Waals surface area contributed by atoms with Gasteiger partial charge in [0, 0.05) is 11.9 Å². The monoisotopic (exact) mass is 283 g/mol. The second-order valence-corrected chi connectivity index (χ2v) is 5.98. The quantitative estimate of drug-likeness (QED) is 0.905. The van der Waals surface area contributed by atoms with Crippen molar-refractivity contribution >= 4 is 16.8 Å². The molecule has 1 aromatic heterocycles. The van der Waals surface area contributed by atoms with Gasteiger partial charge in [-0.15, -0.1) is 0 Å². The number of nitrogens with one attached hydrogen (secondary N) is 1. The first-order valence-electron chi connectivity index (χ1n) is 7.57. The summed E-state index contributed by atoms with van der Waals surface area (Å²) in [5.74, 6) is -0.111. The summed E-state index contributed by atoms with van der Waals surface area (Å²) in [6, 6.07) is 11.5. The Hall–Kier alpha value is -1.94. The van der Waals surface area contributed by atoms with Gasteiger partial charge in [-0.3, -0.25) is 4.79 Å². The third-order valence-corrected chi connectivity index (χ3v) is 4.55. The van der Waals surface area contributed by atoms with Crippen LogP contribution in [0.4, 0.5) is 0 Å². The Bertz CT molecular complexity index is 647. The van der Waals surface area contributed by atoms with Gasteiger partial charge < -0.3 is 11.1 Å². The van der Waals surface area contributed by atoms with Gasteiger partial charge in [0.15, 0.2) is 0 Å². The molecule has 0 unspecified atom stereocenters. The number of carbonyl (C=O) groups excluding carboxylic acids is 1. The topological polar surface area (TPSA) is 68.0 Å². The zero-order valence-corrected chi connectivity index (χ0v) is 12.1. The molecule has 4 nitrogen and oxygen atoms in total. The van der Waals surface area contributed by atoms with E-state index in [0.717, 1.165) is 23.7 Å². The maximum Gasteiger partial charge on any atom is 0.269 e. The summed E-state index contributed by atoms with van der Waals surface area (Å²) in [7, 11) is 0. The Balaban J connectivity index is 1.71. The van der Waals surface area contributed by atoms with Crippen LogP contribution in [0, 0.1) is 5.41 Å². The van der Waals surface area contributed by atoms with Gasteiger partial charge in [-0.05, 0) is 36.9 Å². The highest BCUT2D eigenvalue weighted by Gasteiger charge is 2.32. The SMILES string of the molecule is NCC1(CNC(=O)c2ccc3ccccc3n2)CCCC1. The van der Waals surface area contributed by atoms with Gasteiger partial charge in [0.1, 0.15) is 5.69 Å². The van der Waals surface area contributed by atoms with Crippen LogP contribution in [0.25, 0.3) is 10.9 Å². The Morgan fingerprint density at radius 2 is 1.95 bits per heavy atom. The molecule has 1 aliphatic rings. The van der Waals surface area contributed by atoms with Crippen molar-refractivity contribution in [1.82, 2.24) is 10.3 Å². The van der Waals surface area contributed by atoms with Crippen LogP contribution in [0.1, 0.15) is 36.2 Å². The van der Waals surface area contributed by atoms with E-state index in [-0.39, 0.29) is 11.3 Å². The normalized spacial score (nSPS) is 17.0. The van der Waals surface area contributed by atoms with E-state index in [0.29, 0.717) is 18.8 Å². The van der Waals surface area contributed by atoms with Crippen LogP contribution in [0.5, 0.6) is 0 Å². The number of rotatable bonds is 4. The Labute approximate surface area is 124 Å². The summed E-state index contributed by atoms with van der Waals surface area (Å²) in [6.45, 7) is 1.29. The first-order valence-corrected chi connectivity index (χ1v) is 7.57. The van der Waals surface area contributed by atoms with Gasteiger partial charge in [-0.1, -0.05) is 37.1 Å². The van der Waals surface area contributed by atoms with Crippen molar-refractivity contribution in [3.05, 3.63) is 42.1 Å². The third kappa shape index (κ3) is 2.90. The Morgan fingerprint density at radius 3 is 2.71 bits per heavy atom. The van der Waals surface area contributed by atoms with Gasteiger partial charge in [-0.25, -0.2) is 4.98 Å². The molecule has 4 heteroatoms. The molecule has 3 N–H and O–H groups in total. The van der Waals surface area contributed by atoms with Crippen molar-refractivity contribution < 1.29 is 4.79 Å². The highest BCUT2D eigenvalue weighted by Crippen LogP contribution is 2.36. The molecular weight excluding hydrogens is 262 g/mol. The van der Waals surface area contributed by atoms with Crippen molar-refractivity contribution in [3.63, 3.8) is 0 Å². The summed E-state index contributed by atoms with van der Waals surface area (Å²) in [4.78, 5) is 16.7. The van der Waals surface area contributed by atoms with Crippen molar-refractivity contribution in [3.8, 4) is 0 Å². The number of hydrogen-bond acceptors (Lipinski definition) is 3. The van der Waals surface area contributed by atoms with Crippen molar-refractivity contribution in [2.24, 2.45) is 11.1 Å². The summed E-state index contributed by atoms with van der Waals surface area (Å²) in [5.41, 5.74) is 7.31. The Morgan fingerprint density at radius 1 is 1.19 bits per heavy atom. The zero-order valence-electron chi connectivity index (χ0n) is 12.1. The van der Waals surface area contributed by atoms with E-state index < -0.39 is 0 Å². The predicted octanol–water partition coefficient (Wildman–Crippen LogP) is 2.48. The Kier molecular flexibility index (Phi) is 3.88. The highest BCUT2D eigenvalue weighted by molar-refractivity contribution is 5.94. The minimum absolute atomic E-state index is 0.0898. The molecule has 1 aromatic carbocycles. The van der Waals surface area contributed by atoms with Crippen molar-refractivity contribution in [2.45, 2.75) is 25.7 Å². The van der Waals surface area contributed by atoms with E-state index >= 15 is 0 Å². The largest absolute Gasteiger partial charge is 0.350 e. The molecule has 0 aliphatic heterocycles. The van der Waals surface area contributed by atoms with Gasteiger partial charge in [0.2, 0.25) is 0 Å². The van der Waals surface area contributed by atoms with Crippen LogP contribution in [0.2, 0.25) is 0 Å². The summed E-state index contributed by atoms with van der Waals surface area (Å²) < 4.78 is 0. The van der Waals surface area contributed by atoms with Crippen LogP contribution in [-0.2, 0) is 0 Å². The molecule has 0 spiro atoms. The lowest BCUT2D eigenvalue weighted by atomic mass is 9.86. The van der Waals surface area contributed by atoms with Gasteiger partial charge in [0.25, 0.3) is 5.91 Å². The van der Waals surface area contributed by atoms with E-state index in [1.165, 1.54) is 12.8 Å². The summed E-state index contributed by atoms with van der Waals surface area (Å²) in [5, 5.41) is 4.06. The molecule has 0 radical (unpaired) electrons. The van der Waals surface area contributed by atoms with Gasteiger partial charge in [-0.2, -0.15) is 0 Å². The first kappa shape index (κ1) is 14.0. The smallest absolute Gasteiger partial charge is 0.269 e. The summed E-state index contributed by atoms with van der Waals surface area (Å²) >= 11 is 0. The average molecular weight is 283 g/mol. The molecule has 3 rings (SSSR count). The number of hydrogen-bond donors (Lipinski definition) is 2. The van der Waals surface area contributed by atoms with E-state index in [4.69, 9.17) is 5.73 Å². The highest BCUT2D eigenvalue weighted by atomic mass is 16.1. The minimum atomic E-state index is -0.111. The maximum atomic E-state index is 12.3. The molecule has 1 heterocycles. The van der Waals surface area contributed by atoms with Crippen LogP contribution >= 0.6 is 0 Å². The van der Waals surface area contributed by atoms with Crippen molar-refractivity contribution in [1.29, 1.82) is 0 Å². The van der Waals surface area contributed by atoms with E-state index in [1.54, 1.807) is 6.07 Å². The van der Waals surface area contributed by atoms with E-state index in [9.17, 15) is 4.79 Å². The van der Waals surface area contributed by atoms with Crippen molar-refractivity contribution in [2.75, 3.05) is 13.1 Å². The second kappa shape index (κ2) is 5.82. The lowest BCUT2D eigenvalue weighted by Crippen LogP contribution is -2.40. The second-order valence-electron chi connectivity index (χ2n) is 5.98. The molecule has 1 saturated carbocycles. The fraction of sp³-hybridized carbons (Fsp3) is 0.412. The fourth-order valence-corrected chi connectivity index (χ4v) is 3.13. The third-order valence-electron chi connectivity index (χ3n) is 4.55. The number of benzene rings is 1. The molecule has 1 aliphatic carbocycles. The molecule has 1 amide bonds. The molecule has 0 bridgehead atoms. The number of aromatic nitrogens is 1. The van der Waals surface area contributed by atoms with Crippen LogP contribution < -0.4 is 11.1 Å². The lowest BCUT2D eigenvalue weighted by molar-refractivity contribution is 0.0927. The number of carbonyl (C=O) groups is 1. The molecule has 1 fully saturated rings. The number of fused-ring (bicyclic) bond motifs is 1. The number of amides is 1. The average Bonchev–Trinajstić information content (AvgIpc) is 3.01. The number of nitrogens with zero attached hydrogens (tertiary/aromatic N) is 1. The first-order chi connectivity index (χ1) is 10.2. The number of para-hydroxylation sites is 1. The number of pyridine rings is 1. The maximum absolute atomic E-state index is 12.3. The fourth-order valence-electron chi connectivity index (χ4n) is 3.13. The van der Waals surface area contributed by atoms with Crippen LogP contribution in [0.3, 0.4) is 0 Å². The van der Waals surface area contributed by atoms with Gasteiger partial charge in [0.05, 0.1) is 5.52 Å². The number of nitrogens with two attached hydrogens (primary N) is 1. The standard InChI is InChI=1S/C17H21N3O/c18-11-17(9-3-4-10-17)12-19-16(21)15-8-7-13-5-1-2-6-14(13)20-15/h1-2,5-8H,3-4,9-12,18H2,(H,19,21). The van der Waals surface area contributed by atoms with Crippen LogP contribution in [-0.4, -0.2) is 24.0 Å². The molecule has 0 atom stereocenters. The molecular formula is C17H21N3O. The van der Waals surface area contributed by atoms with E-state index in [1.807, 2.05) is 30.3 Å². The predicted molar refractivity (Wildman–Crippen MR) is 84.0 cm³/mol. The zero-order chi connectivity index (χ0) is 14.7. The summed E-state index contributed by atoms with van der Waals surface area (Å²) in [6.07, 6.45) is 4.63. The molecule has 21 heavy (non-hydrogen) atoms. The lowest BCUT2D eigenvalue weighted by Gasteiger charge is -2.27. The molecule has 110 valence electrons. The molecule has 2 aromatic rings.